The Morgan fingerprint density at radius 1 is 1.10 bits per heavy atom. The van der Waals surface area contributed by atoms with Crippen molar-refractivity contribution < 1.29 is 17.9 Å². The van der Waals surface area contributed by atoms with Gasteiger partial charge in [-0.2, -0.15) is 4.31 Å². The highest BCUT2D eigenvalue weighted by Gasteiger charge is 2.31. The van der Waals surface area contributed by atoms with Gasteiger partial charge in [-0.1, -0.05) is 29.8 Å². The van der Waals surface area contributed by atoms with Crippen LogP contribution in [0, 0.1) is 0 Å². The smallest absolute Gasteiger partial charge is 0.243 e. The van der Waals surface area contributed by atoms with Crippen molar-refractivity contribution in [1.29, 1.82) is 0 Å². The van der Waals surface area contributed by atoms with E-state index in [1.165, 1.54) is 11.4 Å². The molecule has 3 rings (SSSR count). The quantitative estimate of drug-likeness (QED) is 0.699. The van der Waals surface area contributed by atoms with Crippen LogP contribution >= 0.6 is 11.6 Å². The first kappa shape index (κ1) is 22.6. The van der Waals surface area contributed by atoms with Crippen LogP contribution in [0.1, 0.15) is 12.5 Å². The van der Waals surface area contributed by atoms with Crippen molar-refractivity contribution in [2.24, 2.45) is 0 Å². The Labute approximate surface area is 182 Å². The molecule has 0 spiro atoms. The topological polar surface area (TPSA) is 79.0 Å². The van der Waals surface area contributed by atoms with E-state index >= 15 is 0 Å². The second-order valence-corrected chi connectivity index (χ2v) is 9.45. The Balaban J connectivity index is 1.54. The standard InChI is InChI=1S/C21H26ClN3O4S/c1-16(21(26)23-15-17-5-3-4-6-20(17)22)24-11-13-25(14-12-24)30(27,28)19-9-7-18(29-2)8-10-19/h3-10,16H,11-15H2,1-2H3,(H,23,26). The molecule has 2 aromatic carbocycles. The summed E-state index contributed by atoms with van der Waals surface area (Å²) in [5, 5.41) is 3.52. The summed E-state index contributed by atoms with van der Waals surface area (Å²) < 4.78 is 32.3. The van der Waals surface area contributed by atoms with Gasteiger partial charge >= 0.3 is 0 Å². The predicted molar refractivity (Wildman–Crippen MR) is 116 cm³/mol. The molecule has 162 valence electrons. The lowest BCUT2D eigenvalue weighted by Crippen LogP contribution is -2.54. The normalized spacial score (nSPS) is 16.8. The summed E-state index contributed by atoms with van der Waals surface area (Å²) >= 11 is 6.13. The molecule has 1 saturated heterocycles. The third-order valence-electron chi connectivity index (χ3n) is 5.31. The Hall–Kier alpha value is -2.13. The van der Waals surface area contributed by atoms with Crippen molar-refractivity contribution in [1.82, 2.24) is 14.5 Å². The molecule has 1 fully saturated rings. The molecule has 0 saturated carbocycles. The Morgan fingerprint density at radius 3 is 2.33 bits per heavy atom. The van der Waals surface area contributed by atoms with Crippen molar-refractivity contribution in [3.8, 4) is 5.75 Å². The molecular weight excluding hydrogens is 426 g/mol. The number of piperazine rings is 1. The van der Waals surface area contributed by atoms with Crippen molar-refractivity contribution in [2.75, 3.05) is 33.3 Å². The van der Waals surface area contributed by atoms with Gasteiger partial charge in [-0.05, 0) is 42.8 Å². The van der Waals surface area contributed by atoms with Crippen LogP contribution in [-0.2, 0) is 21.4 Å². The molecule has 1 unspecified atom stereocenters. The van der Waals surface area contributed by atoms with E-state index in [9.17, 15) is 13.2 Å². The lowest BCUT2D eigenvalue weighted by molar-refractivity contribution is -0.126. The molecule has 2 aromatic rings. The van der Waals surface area contributed by atoms with Crippen molar-refractivity contribution in [2.45, 2.75) is 24.4 Å². The Bertz CT molecular complexity index is 974. The molecule has 0 aliphatic carbocycles. The van der Waals surface area contributed by atoms with Gasteiger partial charge in [-0.15, -0.1) is 0 Å². The van der Waals surface area contributed by atoms with Gasteiger partial charge in [0.25, 0.3) is 0 Å². The first-order chi connectivity index (χ1) is 14.3. The number of methoxy groups -OCH3 is 1. The molecule has 0 radical (unpaired) electrons. The van der Waals surface area contributed by atoms with E-state index < -0.39 is 10.0 Å². The second-order valence-electron chi connectivity index (χ2n) is 7.10. The number of carbonyl (C=O) groups excluding carboxylic acids is 1. The van der Waals surface area contributed by atoms with Gasteiger partial charge < -0.3 is 10.1 Å². The van der Waals surface area contributed by atoms with Crippen LogP contribution in [0.4, 0.5) is 0 Å². The molecule has 1 N–H and O–H groups in total. The maximum atomic E-state index is 12.9. The van der Waals surface area contributed by atoms with Crippen LogP contribution in [0.5, 0.6) is 5.75 Å². The Morgan fingerprint density at radius 2 is 1.73 bits per heavy atom. The van der Waals surface area contributed by atoms with E-state index in [2.05, 4.69) is 5.32 Å². The largest absolute Gasteiger partial charge is 0.497 e. The van der Waals surface area contributed by atoms with E-state index in [-0.39, 0.29) is 16.8 Å². The van der Waals surface area contributed by atoms with Crippen LogP contribution in [0.25, 0.3) is 0 Å². The minimum atomic E-state index is -3.57. The number of nitrogens with one attached hydrogen (secondary N) is 1. The molecule has 0 bridgehead atoms. The summed E-state index contributed by atoms with van der Waals surface area (Å²) in [4.78, 5) is 14.8. The van der Waals surface area contributed by atoms with Gasteiger partial charge in [-0.3, -0.25) is 9.69 Å². The average Bonchev–Trinajstić information content (AvgIpc) is 2.78. The summed E-state index contributed by atoms with van der Waals surface area (Å²) in [7, 11) is -2.04. The highest BCUT2D eigenvalue weighted by atomic mass is 35.5. The number of nitrogens with zero attached hydrogens (tertiary/aromatic N) is 2. The first-order valence-electron chi connectivity index (χ1n) is 9.72. The maximum absolute atomic E-state index is 12.9. The van der Waals surface area contributed by atoms with Crippen LogP contribution in [0.15, 0.2) is 53.4 Å². The third-order valence-corrected chi connectivity index (χ3v) is 7.59. The molecule has 7 nitrogen and oxygen atoms in total. The number of ether oxygens (including phenoxy) is 1. The molecular formula is C21H26ClN3O4S. The van der Waals surface area contributed by atoms with Crippen molar-refractivity contribution in [3.63, 3.8) is 0 Å². The zero-order valence-electron chi connectivity index (χ0n) is 17.0. The first-order valence-corrected chi connectivity index (χ1v) is 11.5. The second kappa shape index (κ2) is 9.78. The fourth-order valence-electron chi connectivity index (χ4n) is 3.37. The van der Waals surface area contributed by atoms with Gasteiger partial charge in [0.15, 0.2) is 0 Å². The van der Waals surface area contributed by atoms with Gasteiger partial charge in [-0.25, -0.2) is 8.42 Å². The highest BCUT2D eigenvalue weighted by molar-refractivity contribution is 7.89. The van der Waals surface area contributed by atoms with Crippen LogP contribution in [0.3, 0.4) is 0 Å². The van der Waals surface area contributed by atoms with Crippen molar-refractivity contribution in [3.05, 3.63) is 59.1 Å². The van der Waals surface area contributed by atoms with Crippen molar-refractivity contribution >= 4 is 27.5 Å². The summed E-state index contributed by atoms with van der Waals surface area (Å²) in [6.45, 7) is 3.81. The van der Waals surface area contributed by atoms with E-state index in [1.807, 2.05) is 30.0 Å². The molecule has 0 aromatic heterocycles. The van der Waals surface area contributed by atoms with Gasteiger partial charge in [0.2, 0.25) is 15.9 Å². The highest BCUT2D eigenvalue weighted by Crippen LogP contribution is 2.21. The van der Waals surface area contributed by atoms with Gasteiger partial charge in [0.1, 0.15) is 5.75 Å². The molecule has 1 aliphatic heterocycles. The minimum absolute atomic E-state index is 0.110. The monoisotopic (exact) mass is 451 g/mol. The summed E-state index contributed by atoms with van der Waals surface area (Å²) in [6.07, 6.45) is 0. The van der Waals surface area contributed by atoms with Crippen LogP contribution in [-0.4, -0.2) is 62.9 Å². The fourth-order valence-corrected chi connectivity index (χ4v) is 4.99. The SMILES string of the molecule is COc1ccc(S(=O)(=O)N2CCN(C(C)C(=O)NCc3ccccc3Cl)CC2)cc1. The molecule has 1 aliphatic rings. The lowest BCUT2D eigenvalue weighted by atomic mass is 10.2. The predicted octanol–water partition coefficient (Wildman–Crippen LogP) is 2.36. The summed E-state index contributed by atoms with van der Waals surface area (Å²) in [6, 6.07) is 13.4. The minimum Gasteiger partial charge on any atom is -0.497 e. The number of carbonyl (C=O) groups is 1. The molecule has 9 heteroatoms. The van der Waals surface area contributed by atoms with Crippen LogP contribution in [0.2, 0.25) is 5.02 Å². The Kier molecular flexibility index (Phi) is 7.36. The maximum Gasteiger partial charge on any atom is 0.243 e. The number of hydrogen-bond donors (Lipinski definition) is 1. The fraction of sp³-hybridized carbons (Fsp3) is 0.381. The van der Waals surface area contributed by atoms with E-state index in [4.69, 9.17) is 16.3 Å². The molecule has 30 heavy (non-hydrogen) atoms. The molecule has 1 atom stereocenters. The van der Waals surface area contributed by atoms with E-state index in [1.54, 1.807) is 30.3 Å². The summed E-state index contributed by atoms with van der Waals surface area (Å²) in [5.74, 6) is 0.497. The zero-order chi connectivity index (χ0) is 21.7. The zero-order valence-corrected chi connectivity index (χ0v) is 18.6. The number of amides is 1. The van der Waals surface area contributed by atoms with Gasteiger partial charge in [0, 0.05) is 37.7 Å². The average molecular weight is 452 g/mol. The van der Waals surface area contributed by atoms with Gasteiger partial charge in [0.05, 0.1) is 18.0 Å². The molecule has 1 heterocycles. The van der Waals surface area contributed by atoms with E-state index in [0.717, 1.165) is 5.56 Å². The van der Waals surface area contributed by atoms with E-state index in [0.29, 0.717) is 43.5 Å². The number of hydrogen-bond acceptors (Lipinski definition) is 5. The lowest BCUT2D eigenvalue weighted by Gasteiger charge is -2.36. The number of rotatable bonds is 7. The third kappa shape index (κ3) is 5.13. The number of sulfonamides is 1. The summed E-state index contributed by atoms with van der Waals surface area (Å²) in [5.41, 5.74) is 0.857. The van der Waals surface area contributed by atoms with Crippen LogP contribution < -0.4 is 10.1 Å². The number of benzene rings is 2. The molecule has 1 amide bonds. The number of halogens is 1.